The summed E-state index contributed by atoms with van der Waals surface area (Å²) >= 11 is 4.78. The monoisotopic (exact) mass is 179 g/mol. The molecule has 1 N–H and O–H groups in total. The number of nitrogens with one attached hydrogen (secondary N) is 1. The van der Waals surface area contributed by atoms with E-state index in [4.69, 9.17) is 12.2 Å². The second-order valence-electron chi connectivity index (χ2n) is 2.09. The summed E-state index contributed by atoms with van der Waals surface area (Å²) in [6.45, 7) is 0. The summed E-state index contributed by atoms with van der Waals surface area (Å²) in [5.41, 5.74) is 0.801. The SMILES string of the molecule is CNC(=S)N=Nc1ccccc1. The topological polar surface area (TPSA) is 36.8 Å². The third kappa shape index (κ3) is 2.75. The van der Waals surface area contributed by atoms with Gasteiger partial charge in [0.05, 0.1) is 5.69 Å². The van der Waals surface area contributed by atoms with E-state index in [1.165, 1.54) is 0 Å². The average molecular weight is 179 g/mol. The molecule has 1 rings (SSSR count). The zero-order chi connectivity index (χ0) is 8.81. The maximum absolute atomic E-state index is 4.78. The Morgan fingerprint density at radius 3 is 2.58 bits per heavy atom. The molecule has 62 valence electrons. The number of hydrogen-bond acceptors (Lipinski definition) is 2. The predicted octanol–water partition coefficient (Wildman–Crippen LogP) is 2.27. The summed E-state index contributed by atoms with van der Waals surface area (Å²) in [5, 5.41) is 10.8. The molecule has 0 saturated carbocycles. The van der Waals surface area contributed by atoms with E-state index in [1.807, 2.05) is 30.3 Å². The first-order valence-corrected chi connectivity index (χ1v) is 3.92. The van der Waals surface area contributed by atoms with Gasteiger partial charge in [-0.15, -0.1) is 10.2 Å². The Hall–Kier alpha value is -1.29. The molecule has 0 radical (unpaired) electrons. The van der Waals surface area contributed by atoms with Crippen molar-refractivity contribution in [2.45, 2.75) is 0 Å². The number of nitrogens with zero attached hydrogens (tertiary/aromatic N) is 2. The second kappa shape index (κ2) is 4.56. The van der Waals surface area contributed by atoms with Crippen molar-refractivity contribution in [1.29, 1.82) is 0 Å². The number of azo groups is 1. The van der Waals surface area contributed by atoms with Crippen LogP contribution < -0.4 is 5.32 Å². The fourth-order valence-corrected chi connectivity index (χ4v) is 0.689. The summed E-state index contributed by atoms with van der Waals surface area (Å²) < 4.78 is 0. The average Bonchev–Trinajstić information content (AvgIpc) is 2.16. The highest BCUT2D eigenvalue weighted by Crippen LogP contribution is 2.09. The minimum Gasteiger partial charge on any atom is -0.363 e. The van der Waals surface area contributed by atoms with Gasteiger partial charge in [-0.3, -0.25) is 0 Å². The van der Waals surface area contributed by atoms with Crippen molar-refractivity contribution in [2.24, 2.45) is 10.2 Å². The van der Waals surface area contributed by atoms with Crippen LogP contribution in [-0.2, 0) is 0 Å². The van der Waals surface area contributed by atoms with E-state index in [-0.39, 0.29) is 0 Å². The van der Waals surface area contributed by atoms with E-state index in [9.17, 15) is 0 Å². The van der Waals surface area contributed by atoms with E-state index in [0.717, 1.165) is 5.69 Å². The summed E-state index contributed by atoms with van der Waals surface area (Å²) in [7, 11) is 1.71. The van der Waals surface area contributed by atoms with Gasteiger partial charge in [0.2, 0.25) is 5.11 Å². The fraction of sp³-hybridized carbons (Fsp3) is 0.125. The Bertz CT molecular complexity index is 282. The van der Waals surface area contributed by atoms with E-state index < -0.39 is 0 Å². The van der Waals surface area contributed by atoms with Crippen molar-refractivity contribution in [3.63, 3.8) is 0 Å². The molecule has 0 unspecified atom stereocenters. The lowest BCUT2D eigenvalue weighted by Gasteiger charge is -1.91. The first-order valence-electron chi connectivity index (χ1n) is 3.51. The Balaban J connectivity index is 2.64. The molecule has 12 heavy (non-hydrogen) atoms. The van der Waals surface area contributed by atoms with Gasteiger partial charge < -0.3 is 5.32 Å². The summed E-state index contributed by atoms with van der Waals surface area (Å²) in [6, 6.07) is 9.45. The van der Waals surface area contributed by atoms with Crippen LogP contribution in [0.3, 0.4) is 0 Å². The van der Waals surface area contributed by atoms with Gasteiger partial charge in [0.25, 0.3) is 0 Å². The molecule has 0 aromatic heterocycles. The number of thiocarbonyl (C=S) groups is 1. The molecule has 0 atom stereocenters. The van der Waals surface area contributed by atoms with Crippen LogP contribution in [0.2, 0.25) is 0 Å². The molecule has 0 aliphatic heterocycles. The van der Waals surface area contributed by atoms with E-state index >= 15 is 0 Å². The van der Waals surface area contributed by atoms with Crippen LogP contribution in [0.25, 0.3) is 0 Å². The zero-order valence-corrected chi connectivity index (χ0v) is 7.51. The summed E-state index contributed by atoms with van der Waals surface area (Å²) in [6.07, 6.45) is 0. The van der Waals surface area contributed by atoms with Crippen LogP contribution in [-0.4, -0.2) is 12.2 Å². The van der Waals surface area contributed by atoms with Crippen molar-refractivity contribution in [3.8, 4) is 0 Å². The number of hydrogen-bond donors (Lipinski definition) is 1. The fourth-order valence-electron chi connectivity index (χ4n) is 0.648. The van der Waals surface area contributed by atoms with Gasteiger partial charge in [0.15, 0.2) is 0 Å². The van der Waals surface area contributed by atoms with Gasteiger partial charge in [0.1, 0.15) is 0 Å². The molecule has 0 aliphatic rings. The van der Waals surface area contributed by atoms with Crippen LogP contribution in [0.4, 0.5) is 5.69 Å². The molecule has 0 amide bonds. The normalized spacial score (nSPS) is 10.1. The molecule has 0 aliphatic carbocycles. The van der Waals surface area contributed by atoms with Crippen molar-refractivity contribution in [2.75, 3.05) is 7.05 Å². The van der Waals surface area contributed by atoms with Crippen LogP contribution in [0, 0.1) is 0 Å². The Kier molecular flexibility index (Phi) is 3.35. The third-order valence-electron chi connectivity index (χ3n) is 1.23. The lowest BCUT2D eigenvalue weighted by molar-refractivity contribution is 1.13. The van der Waals surface area contributed by atoms with Crippen LogP contribution in [0.1, 0.15) is 0 Å². The zero-order valence-electron chi connectivity index (χ0n) is 6.69. The third-order valence-corrected chi connectivity index (χ3v) is 1.51. The summed E-state index contributed by atoms with van der Waals surface area (Å²) in [4.78, 5) is 0. The molecule has 4 heteroatoms. The van der Waals surface area contributed by atoms with Gasteiger partial charge in [-0.05, 0) is 24.4 Å². The lowest BCUT2D eigenvalue weighted by atomic mass is 10.3. The van der Waals surface area contributed by atoms with Crippen molar-refractivity contribution < 1.29 is 0 Å². The standard InChI is InChI=1S/C8H9N3S/c1-9-8(12)11-10-7-5-3-2-4-6-7/h2-6H,1H3,(H,9,12). The van der Waals surface area contributed by atoms with Crippen LogP contribution in [0.5, 0.6) is 0 Å². The van der Waals surface area contributed by atoms with Gasteiger partial charge in [0, 0.05) is 7.05 Å². The maximum atomic E-state index is 4.78. The largest absolute Gasteiger partial charge is 0.363 e. The minimum atomic E-state index is 0.388. The number of rotatable bonds is 1. The molecule has 0 bridgehead atoms. The quantitative estimate of drug-likeness (QED) is 0.530. The van der Waals surface area contributed by atoms with Gasteiger partial charge in [-0.25, -0.2) is 0 Å². The molecular weight excluding hydrogens is 170 g/mol. The number of benzene rings is 1. The van der Waals surface area contributed by atoms with Crippen LogP contribution >= 0.6 is 12.2 Å². The van der Waals surface area contributed by atoms with Gasteiger partial charge >= 0.3 is 0 Å². The van der Waals surface area contributed by atoms with E-state index in [2.05, 4.69) is 15.5 Å². The molecule has 0 spiro atoms. The Morgan fingerprint density at radius 2 is 2.00 bits per heavy atom. The van der Waals surface area contributed by atoms with Crippen molar-refractivity contribution in [1.82, 2.24) is 5.32 Å². The highest BCUT2D eigenvalue weighted by atomic mass is 32.1. The minimum absolute atomic E-state index is 0.388. The maximum Gasteiger partial charge on any atom is 0.213 e. The van der Waals surface area contributed by atoms with Crippen molar-refractivity contribution in [3.05, 3.63) is 30.3 Å². The molecule has 0 saturated heterocycles. The Morgan fingerprint density at radius 1 is 1.33 bits per heavy atom. The predicted molar refractivity (Wildman–Crippen MR) is 52.6 cm³/mol. The van der Waals surface area contributed by atoms with E-state index in [1.54, 1.807) is 7.05 Å². The molecule has 1 aromatic carbocycles. The van der Waals surface area contributed by atoms with E-state index in [0.29, 0.717) is 5.11 Å². The smallest absolute Gasteiger partial charge is 0.213 e. The second-order valence-corrected chi connectivity index (χ2v) is 2.48. The van der Waals surface area contributed by atoms with Gasteiger partial charge in [-0.1, -0.05) is 18.2 Å². The molecule has 0 fully saturated rings. The lowest BCUT2D eigenvalue weighted by Crippen LogP contribution is -2.11. The molecule has 1 aromatic rings. The van der Waals surface area contributed by atoms with Crippen LogP contribution in [0.15, 0.2) is 40.6 Å². The highest BCUT2D eigenvalue weighted by molar-refractivity contribution is 7.80. The highest BCUT2D eigenvalue weighted by Gasteiger charge is 1.86. The first kappa shape index (κ1) is 8.80. The van der Waals surface area contributed by atoms with Crippen molar-refractivity contribution >= 4 is 23.0 Å². The first-order chi connectivity index (χ1) is 5.83. The molecule has 0 heterocycles. The summed E-state index contributed by atoms with van der Waals surface area (Å²) in [5.74, 6) is 0. The Labute approximate surface area is 76.5 Å². The van der Waals surface area contributed by atoms with Gasteiger partial charge in [-0.2, -0.15) is 0 Å². The molecular formula is C8H9N3S. The molecule has 3 nitrogen and oxygen atoms in total.